The van der Waals surface area contributed by atoms with Gasteiger partial charge < -0.3 is 10.2 Å². The number of carboxylic acids is 1. The summed E-state index contributed by atoms with van der Waals surface area (Å²) in [4.78, 5) is 11.3. The molecule has 6 heteroatoms. The highest BCUT2D eigenvalue weighted by atomic mass is 32.1. The molecule has 0 atom stereocenters. The van der Waals surface area contributed by atoms with Crippen molar-refractivity contribution >= 4 is 35.6 Å². The number of carbonyl (C=O) groups is 1. The van der Waals surface area contributed by atoms with Crippen LogP contribution in [0.5, 0.6) is 5.88 Å². The summed E-state index contributed by atoms with van der Waals surface area (Å²) in [5.41, 5.74) is 0. The quantitative estimate of drug-likeness (QED) is 0.278. The van der Waals surface area contributed by atoms with Gasteiger partial charge in [0, 0.05) is 13.0 Å². The van der Waals surface area contributed by atoms with Gasteiger partial charge in [0.2, 0.25) is 5.88 Å². The van der Waals surface area contributed by atoms with Crippen molar-refractivity contribution in [2.45, 2.75) is 64.8 Å². The number of aromatic nitrogens is 1. The molecule has 2 N–H and O–H groups in total. The van der Waals surface area contributed by atoms with E-state index in [2.05, 4.69) is 25.2 Å². The summed E-state index contributed by atoms with van der Waals surface area (Å²) in [7, 11) is 0. The van der Waals surface area contributed by atoms with Gasteiger partial charge in [-0.1, -0.05) is 31.6 Å². The van der Waals surface area contributed by atoms with E-state index in [1.54, 1.807) is 4.57 Å². The van der Waals surface area contributed by atoms with Crippen molar-refractivity contribution in [3.63, 3.8) is 0 Å². The lowest BCUT2D eigenvalue weighted by molar-refractivity contribution is -0.137. The van der Waals surface area contributed by atoms with Gasteiger partial charge in [0.15, 0.2) is 3.95 Å². The number of aromatic hydroxyl groups is 1. The van der Waals surface area contributed by atoms with Crippen LogP contribution in [-0.2, 0) is 11.3 Å². The highest BCUT2D eigenvalue weighted by Gasteiger charge is 2.09. The second kappa shape index (κ2) is 12.0. The third-order valence-corrected chi connectivity index (χ3v) is 4.98. The summed E-state index contributed by atoms with van der Waals surface area (Å²) in [6.45, 7) is 2.58. The monoisotopic (exact) mass is 369 g/mol. The molecule has 0 amide bonds. The molecule has 134 valence electrons. The van der Waals surface area contributed by atoms with E-state index in [4.69, 9.17) is 17.3 Å². The number of hydrogen-bond acceptors (Lipinski definition) is 4. The van der Waals surface area contributed by atoms with E-state index in [1.165, 1.54) is 24.2 Å². The van der Waals surface area contributed by atoms with E-state index in [0.29, 0.717) is 16.9 Å². The normalized spacial score (nSPS) is 11.7. The Hall–Kier alpha value is -1.40. The summed E-state index contributed by atoms with van der Waals surface area (Å²) >= 11 is 6.61. The molecular weight excluding hydrogens is 342 g/mol. The van der Waals surface area contributed by atoms with Crippen molar-refractivity contribution in [1.82, 2.24) is 4.57 Å². The topological polar surface area (TPSA) is 62.5 Å². The molecule has 0 aliphatic carbocycles. The molecule has 1 aromatic heterocycles. The minimum Gasteiger partial charge on any atom is -0.493 e. The molecule has 1 rings (SSSR count). The van der Waals surface area contributed by atoms with Crippen LogP contribution in [0.4, 0.5) is 0 Å². The lowest BCUT2D eigenvalue weighted by Gasteiger charge is -2.02. The van der Waals surface area contributed by atoms with E-state index < -0.39 is 5.97 Å². The van der Waals surface area contributed by atoms with Crippen LogP contribution in [0.15, 0.2) is 18.2 Å². The van der Waals surface area contributed by atoms with Crippen LogP contribution in [0.25, 0.3) is 6.08 Å². The third-order valence-electron chi connectivity index (χ3n) is 3.58. The van der Waals surface area contributed by atoms with Gasteiger partial charge in [-0.3, -0.25) is 9.36 Å². The SMILES string of the molecule is CCC=CCCCCCC=Cc1sc(=S)n(CCCC(=O)O)c1O. The molecule has 0 spiro atoms. The first-order valence-electron chi connectivity index (χ1n) is 8.52. The van der Waals surface area contributed by atoms with Gasteiger partial charge in [0.1, 0.15) is 0 Å². The summed E-state index contributed by atoms with van der Waals surface area (Å²) in [6, 6.07) is 0. The number of hydrogen-bond donors (Lipinski definition) is 2. The fraction of sp³-hybridized carbons (Fsp3) is 0.556. The number of rotatable bonds is 12. The molecular formula is C18H27NO3S2. The van der Waals surface area contributed by atoms with Gasteiger partial charge in [-0.05, 0) is 56.8 Å². The van der Waals surface area contributed by atoms with E-state index >= 15 is 0 Å². The highest BCUT2D eigenvalue weighted by molar-refractivity contribution is 7.73. The van der Waals surface area contributed by atoms with E-state index in [9.17, 15) is 9.90 Å². The zero-order valence-electron chi connectivity index (χ0n) is 14.2. The van der Waals surface area contributed by atoms with Crippen molar-refractivity contribution in [2.75, 3.05) is 0 Å². The van der Waals surface area contributed by atoms with Gasteiger partial charge in [0.25, 0.3) is 0 Å². The number of nitrogens with zero attached hydrogens (tertiary/aromatic N) is 1. The maximum Gasteiger partial charge on any atom is 0.303 e. The first-order chi connectivity index (χ1) is 11.6. The van der Waals surface area contributed by atoms with Crippen LogP contribution >= 0.6 is 23.6 Å². The lowest BCUT2D eigenvalue weighted by atomic mass is 10.1. The molecule has 1 heterocycles. The summed E-state index contributed by atoms with van der Waals surface area (Å²) in [6.07, 6.45) is 15.8. The Labute approximate surface area is 153 Å². The first-order valence-corrected chi connectivity index (χ1v) is 9.74. The molecule has 24 heavy (non-hydrogen) atoms. The molecule has 0 fully saturated rings. The second-order valence-electron chi connectivity index (χ2n) is 5.62. The van der Waals surface area contributed by atoms with Crippen LogP contribution in [0.1, 0.15) is 63.2 Å². The van der Waals surface area contributed by atoms with Gasteiger partial charge in [-0.25, -0.2) is 0 Å². The lowest BCUT2D eigenvalue weighted by Crippen LogP contribution is -2.01. The fourth-order valence-corrected chi connectivity index (χ4v) is 3.57. The first kappa shape index (κ1) is 20.6. The summed E-state index contributed by atoms with van der Waals surface area (Å²) in [5.74, 6) is -0.683. The molecule has 1 aromatic rings. The van der Waals surface area contributed by atoms with Gasteiger partial charge in [-0.2, -0.15) is 0 Å². The Bertz CT molecular complexity index is 614. The molecule has 0 bridgehead atoms. The Morgan fingerprint density at radius 3 is 2.54 bits per heavy atom. The predicted molar refractivity (Wildman–Crippen MR) is 103 cm³/mol. The molecule has 0 aliphatic rings. The number of thiazole rings is 1. The zero-order chi connectivity index (χ0) is 17.8. The summed E-state index contributed by atoms with van der Waals surface area (Å²) in [5, 5.41) is 18.9. The van der Waals surface area contributed by atoms with Crippen LogP contribution in [0.2, 0.25) is 0 Å². The van der Waals surface area contributed by atoms with Gasteiger partial charge in [-0.15, -0.1) is 11.3 Å². The third kappa shape index (κ3) is 7.93. The number of allylic oxidation sites excluding steroid dienone is 3. The maximum absolute atomic E-state index is 10.6. The van der Waals surface area contributed by atoms with Gasteiger partial charge >= 0.3 is 5.97 Å². The van der Waals surface area contributed by atoms with Gasteiger partial charge in [0.05, 0.1) is 4.88 Å². The molecule has 0 saturated heterocycles. The Balaban J connectivity index is 2.38. The number of aliphatic carboxylic acids is 1. The largest absolute Gasteiger partial charge is 0.493 e. The van der Waals surface area contributed by atoms with E-state index in [1.807, 2.05) is 6.08 Å². The van der Waals surface area contributed by atoms with Crippen LogP contribution in [-0.4, -0.2) is 20.7 Å². The van der Waals surface area contributed by atoms with Crippen molar-refractivity contribution in [3.8, 4) is 5.88 Å². The van der Waals surface area contributed by atoms with Crippen molar-refractivity contribution in [3.05, 3.63) is 27.1 Å². The summed E-state index contributed by atoms with van der Waals surface area (Å²) < 4.78 is 2.20. The Kier molecular flexibility index (Phi) is 10.4. The number of unbranched alkanes of at least 4 members (excludes halogenated alkanes) is 4. The molecule has 4 nitrogen and oxygen atoms in total. The Morgan fingerprint density at radius 2 is 1.88 bits per heavy atom. The average molecular weight is 370 g/mol. The number of carboxylic acid groups (broad SMARTS) is 1. The minimum absolute atomic E-state index is 0.0790. The Morgan fingerprint density at radius 1 is 1.17 bits per heavy atom. The van der Waals surface area contributed by atoms with Crippen molar-refractivity contribution < 1.29 is 15.0 Å². The molecule has 0 radical (unpaired) electrons. The second-order valence-corrected chi connectivity index (χ2v) is 7.30. The highest BCUT2D eigenvalue weighted by Crippen LogP contribution is 2.28. The maximum atomic E-state index is 10.6. The predicted octanol–water partition coefficient (Wildman–Crippen LogP) is 5.78. The molecule has 0 unspecified atom stereocenters. The van der Waals surface area contributed by atoms with E-state index in [0.717, 1.165) is 30.6 Å². The molecule has 0 aliphatic heterocycles. The van der Waals surface area contributed by atoms with Crippen molar-refractivity contribution in [2.24, 2.45) is 0 Å². The van der Waals surface area contributed by atoms with Crippen LogP contribution < -0.4 is 0 Å². The standard InChI is InChI=1S/C18H27NO3S2/c1-2-3-4-5-6-7-8-9-10-12-15-17(22)19(18(23)24-15)14-11-13-16(20)21/h3-4,10,12,22H,2,5-9,11,13-14H2,1H3,(H,20,21). The molecule has 0 saturated carbocycles. The fourth-order valence-electron chi connectivity index (χ4n) is 2.28. The molecule has 0 aromatic carbocycles. The minimum atomic E-state index is -0.832. The van der Waals surface area contributed by atoms with Crippen LogP contribution in [0.3, 0.4) is 0 Å². The average Bonchev–Trinajstić information content (AvgIpc) is 2.80. The van der Waals surface area contributed by atoms with Crippen LogP contribution in [0, 0.1) is 3.95 Å². The van der Waals surface area contributed by atoms with E-state index in [-0.39, 0.29) is 12.3 Å². The smallest absolute Gasteiger partial charge is 0.303 e. The van der Waals surface area contributed by atoms with Crippen molar-refractivity contribution in [1.29, 1.82) is 0 Å². The zero-order valence-corrected chi connectivity index (χ0v) is 15.9.